The van der Waals surface area contributed by atoms with Crippen LogP contribution in [0.1, 0.15) is 45.6 Å². The number of hydrogen-bond donors (Lipinski definition) is 0. The number of allylic oxidation sites excluding steroid dienone is 3. The van der Waals surface area contributed by atoms with Gasteiger partial charge in [0.25, 0.3) is 0 Å². The molecule has 1 atom stereocenters. The van der Waals surface area contributed by atoms with Gasteiger partial charge >= 0.3 is 6.09 Å². The second kappa shape index (κ2) is 9.21. The van der Waals surface area contributed by atoms with Crippen molar-refractivity contribution in [1.82, 2.24) is 4.90 Å². The summed E-state index contributed by atoms with van der Waals surface area (Å²) in [4.78, 5) is 25.8. The van der Waals surface area contributed by atoms with Gasteiger partial charge in [0.2, 0.25) is 5.91 Å². The van der Waals surface area contributed by atoms with Crippen LogP contribution in [0.25, 0.3) is 0 Å². The normalized spacial score (nSPS) is 17.4. The summed E-state index contributed by atoms with van der Waals surface area (Å²) in [7, 11) is 0. The Morgan fingerprint density at radius 1 is 1.20 bits per heavy atom. The summed E-state index contributed by atoms with van der Waals surface area (Å²) in [6, 6.07) is 9.64. The number of nitrogens with zero attached hydrogens (tertiary/aromatic N) is 1. The van der Waals surface area contributed by atoms with Gasteiger partial charge in [0.1, 0.15) is 6.61 Å². The summed E-state index contributed by atoms with van der Waals surface area (Å²) in [5, 5.41) is 0. The molecule has 0 bridgehead atoms. The Labute approximate surface area is 150 Å². The van der Waals surface area contributed by atoms with Crippen molar-refractivity contribution in [3.8, 4) is 0 Å². The molecule has 0 aliphatic carbocycles. The molecule has 1 aliphatic heterocycles. The molecule has 4 heteroatoms. The molecule has 1 saturated heterocycles. The molecular formula is C21H27NO3. The highest BCUT2D eigenvalue weighted by Crippen LogP contribution is 2.19. The van der Waals surface area contributed by atoms with Crippen LogP contribution >= 0.6 is 0 Å². The molecule has 134 valence electrons. The first kappa shape index (κ1) is 19.0. The van der Waals surface area contributed by atoms with E-state index < -0.39 is 6.09 Å². The number of rotatable bonds is 7. The second-order valence-electron chi connectivity index (χ2n) is 6.76. The first-order valence-corrected chi connectivity index (χ1v) is 8.79. The Balaban J connectivity index is 1.93. The van der Waals surface area contributed by atoms with Crippen LogP contribution in [0.2, 0.25) is 0 Å². The highest BCUT2D eigenvalue weighted by atomic mass is 16.6. The smallest absolute Gasteiger partial charge is 0.416 e. The summed E-state index contributed by atoms with van der Waals surface area (Å²) >= 11 is 0. The molecule has 1 aliphatic rings. The van der Waals surface area contributed by atoms with E-state index in [2.05, 4.69) is 19.9 Å². The number of hydrogen-bond acceptors (Lipinski definition) is 3. The number of imide groups is 1. The number of carbonyl (C=O) groups excluding carboxylic acids is 2. The first-order chi connectivity index (χ1) is 12.0. The van der Waals surface area contributed by atoms with Crippen molar-refractivity contribution in [3.05, 3.63) is 59.2 Å². The minimum absolute atomic E-state index is 0.190. The van der Waals surface area contributed by atoms with Gasteiger partial charge in [0.15, 0.2) is 0 Å². The van der Waals surface area contributed by atoms with Crippen molar-refractivity contribution in [3.63, 3.8) is 0 Å². The van der Waals surface area contributed by atoms with E-state index in [4.69, 9.17) is 4.74 Å². The molecule has 1 aromatic carbocycles. The SMILES string of the molecule is CC(C)=CCC/C(C)=C/CC(=O)N1C(=O)OC[C@H]1Cc1ccccc1. The van der Waals surface area contributed by atoms with Gasteiger partial charge in [-0.05, 0) is 45.6 Å². The topological polar surface area (TPSA) is 46.6 Å². The predicted molar refractivity (Wildman–Crippen MR) is 99.2 cm³/mol. The minimum atomic E-state index is -0.526. The van der Waals surface area contributed by atoms with Gasteiger partial charge in [-0.25, -0.2) is 9.69 Å². The van der Waals surface area contributed by atoms with Crippen LogP contribution in [0, 0.1) is 0 Å². The number of ether oxygens (including phenoxy) is 1. The summed E-state index contributed by atoms with van der Waals surface area (Å²) < 4.78 is 5.11. The van der Waals surface area contributed by atoms with Crippen LogP contribution < -0.4 is 0 Å². The summed E-state index contributed by atoms with van der Waals surface area (Å²) in [5.41, 5.74) is 3.56. The molecule has 0 unspecified atom stereocenters. The molecule has 25 heavy (non-hydrogen) atoms. The van der Waals surface area contributed by atoms with Crippen molar-refractivity contribution < 1.29 is 14.3 Å². The van der Waals surface area contributed by atoms with Crippen molar-refractivity contribution in [2.45, 2.75) is 52.5 Å². The molecular weight excluding hydrogens is 314 g/mol. The number of amides is 2. The molecule has 0 radical (unpaired) electrons. The maximum Gasteiger partial charge on any atom is 0.416 e. The van der Waals surface area contributed by atoms with Crippen molar-refractivity contribution in [2.24, 2.45) is 0 Å². The molecule has 0 aromatic heterocycles. The molecule has 2 rings (SSSR count). The molecule has 4 nitrogen and oxygen atoms in total. The van der Waals surface area contributed by atoms with Gasteiger partial charge in [-0.15, -0.1) is 0 Å². The van der Waals surface area contributed by atoms with Crippen molar-refractivity contribution in [1.29, 1.82) is 0 Å². The first-order valence-electron chi connectivity index (χ1n) is 8.79. The molecule has 2 amide bonds. The van der Waals surface area contributed by atoms with Crippen LogP contribution in [0.3, 0.4) is 0 Å². The fourth-order valence-electron chi connectivity index (χ4n) is 2.85. The van der Waals surface area contributed by atoms with Gasteiger partial charge in [0, 0.05) is 6.42 Å². The lowest BCUT2D eigenvalue weighted by molar-refractivity contribution is -0.128. The van der Waals surface area contributed by atoms with Crippen LogP contribution in [-0.2, 0) is 16.0 Å². The molecule has 1 aromatic rings. The molecule has 1 fully saturated rings. The van der Waals surface area contributed by atoms with E-state index >= 15 is 0 Å². The number of carbonyl (C=O) groups is 2. The lowest BCUT2D eigenvalue weighted by atomic mass is 10.1. The van der Waals surface area contributed by atoms with Crippen LogP contribution in [0.15, 0.2) is 53.6 Å². The van der Waals surface area contributed by atoms with Crippen LogP contribution in [-0.4, -0.2) is 29.5 Å². The Morgan fingerprint density at radius 2 is 1.92 bits per heavy atom. The van der Waals surface area contributed by atoms with Gasteiger partial charge in [-0.3, -0.25) is 4.79 Å². The van der Waals surface area contributed by atoms with Crippen molar-refractivity contribution in [2.75, 3.05) is 6.61 Å². The maximum absolute atomic E-state index is 12.5. The molecule has 1 heterocycles. The minimum Gasteiger partial charge on any atom is -0.447 e. The predicted octanol–water partition coefficient (Wildman–Crippen LogP) is 4.66. The molecule has 0 N–H and O–H groups in total. The fourth-order valence-corrected chi connectivity index (χ4v) is 2.85. The van der Waals surface area contributed by atoms with Gasteiger partial charge < -0.3 is 4.74 Å². The Hall–Kier alpha value is -2.36. The monoisotopic (exact) mass is 341 g/mol. The average Bonchev–Trinajstić information content (AvgIpc) is 2.94. The second-order valence-corrected chi connectivity index (χ2v) is 6.76. The van der Waals surface area contributed by atoms with Gasteiger partial charge in [-0.2, -0.15) is 0 Å². The zero-order chi connectivity index (χ0) is 18.2. The Kier molecular flexibility index (Phi) is 6.99. The summed E-state index contributed by atoms with van der Waals surface area (Å²) in [6.45, 7) is 6.45. The van der Waals surface area contributed by atoms with Gasteiger partial charge in [-0.1, -0.05) is 53.6 Å². The maximum atomic E-state index is 12.5. The Morgan fingerprint density at radius 3 is 2.60 bits per heavy atom. The van der Waals surface area contributed by atoms with Crippen molar-refractivity contribution >= 4 is 12.0 Å². The highest BCUT2D eigenvalue weighted by molar-refractivity contribution is 5.94. The molecule has 0 saturated carbocycles. The third-order valence-electron chi connectivity index (χ3n) is 4.26. The van der Waals surface area contributed by atoms with E-state index in [1.807, 2.05) is 43.3 Å². The third kappa shape index (κ3) is 5.89. The van der Waals surface area contributed by atoms with E-state index in [9.17, 15) is 9.59 Å². The number of benzene rings is 1. The quantitative estimate of drug-likeness (QED) is 0.678. The Bertz CT molecular complexity index is 657. The van der Waals surface area contributed by atoms with E-state index in [1.54, 1.807) is 0 Å². The van der Waals surface area contributed by atoms with Gasteiger partial charge in [0.05, 0.1) is 6.04 Å². The number of cyclic esters (lactones) is 1. The van der Waals surface area contributed by atoms with E-state index in [0.29, 0.717) is 6.42 Å². The third-order valence-corrected chi connectivity index (χ3v) is 4.26. The van der Waals surface area contributed by atoms with E-state index in [1.165, 1.54) is 10.5 Å². The summed E-state index contributed by atoms with van der Waals surface area (Å²) in [5.74, 6) is -0.190. The fraction of sp³-hybridized carbons (Fsp3) is 0.429. The lowest BCUT2D eigenvalue weighted by Gasteiger charge is -2.19. The average molecular weight is 341 g/mol. The molecule has 0 spiro atoms. The van der Waals surface area contributed by atoms with E-state index in [0.717, 1.165) is 24.0 Å². The summed E-state index contributed by atoms with van der Waals surface area (Å²) in [6.07, 6.45) is 6.35. The zero-order valence-corrected chi connectivity index (χ0v) is 15.3. The standard InChI is InChI=1S/C21H27NO3/c1-16(2)8-7-9-17(3)12-13-20(23)22-19(15-25-21(22)24)14-18-10-5-4-6-11-18/h4-6,8,10-12,19H,7,9,13-15H2,1-3H3/b17-12+/t19-/m1/s1. The lowest BCUT2D eigenvalue weighted by Crippen LogP contribution is -2.39. The largest absolute Gasteiger partial charge is 0.447 e. The van der Waals surface area contributed by atoms with Crippen LogP contribution in [0.4, 0.5) is 4.79 Å². The van der Waals surface area contributed by atoms with E-state index in [-0.39, 0.29) is 25.0 Å². The zero-order valence-electron chi connectivity index (χ0n) is 15.3. The highest BCUT2D eigenvalue weighted by Gasteiger charge is 2.37. The van der Waals surface area contributed by atoms with Crippen LogP contribution in [0.5, 0.6) is 0 Å².